The van der Waals surface area contributed by atoms with Gasteiger partial charge in [-0.15, -0.1) is 0 Å². The second kappa shape index (κ2) is 4.49. The molecule has 3 heteroatoms. The van der Waals surface area contributed by atoms with Crippen LogP contribution in [-0.2, 0) is 0 Å². The van der Waals surface area contributed by atoms with Crippen molar-refractivity contribution in [1.82, 2.24) is 4.90 Å². The lowest BCUT2D eigenvalue weighted by molar-refractivity contribution is 0.0708. The molecule has 0 radical (unpaired) electrons. The van der Waals surface area contributed by atoms with Crippen LogP contribution in [0, 0.1) is 10.8 Å². The molecule has 2 fully saturated rings. The molecule has 1 aliphatic carbocycles. The summed E-state index contributed by atoms with van der Waals surface area (Å²) >= 11 is 6.01. The van der Waals surface area contributed by atoms with Crippen molar-refractivity contribution >= 4 is 17.5 Å². The number of benzene rings is 1. The van der Waals surface area contributed by atoms with Gasteiger partial charge in [-0.25, -0.2) is 0 Å². The molecule has 3 rings (SSSR count). The number of hydrogen-bond acceptors (Lipinski definition) is 1. The topological polar surface area (TPSA) is 20.3 Å². The first kappa shape index (κ1) is 13.9. The Morgan fingerprint density at radius 1 is 1.30 bits per heavy atom. The zero-order chi connectivity index (χ0) is 14.5. The summed E-state index contributed by atoms with van der Waals surface area (Å²) in [7, 11) is 0. The highest BCUT2D eigenvalue weighted by atomic mass is 35.5. The largest absolute Gasteiger partial charge is 0.335 e. The molecule has 2 aliphatic rings. The zero-order valence-electron chi connectivity index (χ0n) is 12.4. The lowest BCUT2D eigenvalue weighted by atomic mass is 9.65. The molecule has 2 bridgehead atoms. The molecular formula is C17H22ClNO. The summed E-state index contributed by atoms with van der Waals surface area (Å²) in [5.74, 6) is 0.138. The molecule has 108 valence electrons. The van der Waals surface area contributed by atoms with E-state index in [1.807, 2.05) is 18.2 Å². The Labute approximate surface area is 126 Å². The van der Waals surface area contributed by atoms with Gasteiger partial charge in [0.25, 0.3) is 5.91 Å². The van der Waals surface area contributed by atoms with Crippen molar-refractivity contribution in [1.29, 1.82) is 0 Å². The molecule has 1 aromatic rings. The monoisotopic (exact) mass is 291 g/mol. The summed E-state index contributed by atoms with van der Waals surface area (Å²) in [6, 6.07) is 7.69. The first-order valence-corrected chi connectivity index (χ1v) is 7.72. The van der Waals surface area contributed by atoms with Gasteiger partial charge in [0.15, 0.2) is 0 Å². The van der Waals surface area contributed by atoms with Gasteiger partial charge < -0.3 is 4.90 Å². The predicted molar refractivity (Wildman–Crippen MR) is 82.0 cm³/mol. The van der Waals surface area contributed by atoms with Crippen molar-refractivity contribution < 1.29 is 4.79 Å². The maximum absolute atomic E-state index is 12.8. The Balaban J connectivity index is 1.87. The number of nitrogens with zero attached hydrogens (tertiary/aromatic N) is 1. The number of amides is 1. The third kappa shape index (κ3) is 2.46. The standard InChI is InChI=1S/C17H22ClNO/c1-16(2)8-14-9-17(3,10-16)11-19(14)15(20)12-5-4-6-13(18)7-12/h4-7,14H,8-11H2,1-3H3. The minimum Gasteiger partial charge on any atom is -0.335 e. The fraction of sp³-hybridized carbons (Fsp3) is 0.588. The number of fused-ring (bicyclic) bond motifs is 2. The van der Waals surface area contributed by atoms with E-state index in [0.717, 1.165) is 19.4 Å². The van der Waals surface area contributed by atoms with Crippen LogP contribution in [0.3, 0.4) is 0 Å². The molecule has 0 aromatic heterocycles. The van der Waals surface area contributed by atoms with Gasteiger partial charge in [0.2, 0.25) is 0 Å². The molecule has 2 atom stereocenters. The summed E-state index contributed by atoms with van der Waals surface area (Å²) in [6.45, 7) is 7.86. The van der Waals surface area contributed by atoms with E-state index in [4.69, 9.17) is 11.6 Å². The Bertz CT molecular complexity index is 554. The van der Waals surface area contributed by atoms with Gasteiger partial charge in [0.1, 0.15) is 0 Å². The molecule has 1 aromatic carbocycles. The van der Waals surface area contributed by atoms with Crippen LogP contribution in [0.5, 0.6) is 0 Å². The maximum Gasteiger partial charge on any atom is 0.254 e. The van der Waals surface area contributed by atoms with Crippen LogP contribution in [0.15, 0.2) is 24.3 Å². The number of likely N-dealkylation sites (tertiary alicyclic amines) is 1. The molecule has 0 spiro atoms. The van der Waals surface area contributed by atoms with Crippen LogP contribution in [0.4, 0.5) is 0 Å². The van der Waals surface area contributed by atoms with E-state index in [1.54, 1.807) is 6.07 Å². The average Bonchev–Trinajstić information content (AvgIpc) is 2.57. The molecule has 1 aliphatic heterocycles. The van der Waals surface area contributed by atoms with Gasteiger partial charge in [0.05, 0.1) is 0 Å². The lowest BCUT2D eigenvalue weighted by Crippen LogP contribution is -2.37. The van der Waals surface area contributed by atoms with E-state index in [9.17, 15) is 4.79 Å². The first-order valence-electron chi connectivity index (χ1n) is 7.35. The van der Waals surface area contributed by atoms with Gasteiger partial charge >= 0.3 is 0 Å². The Morgan fingerprint density at radius 2 is 2.05 bits per heavy atom. The molecule has 0 N–H and O–H groups in total. The minimum absolute atomic E-state index is 0.138. The highest BCUT2D eigenvalue weighted by molar-refractivity contribution is 6.30. The normalized spacial score (nSPS) is 31.4. The summed E-state index contributed by atoms with van der Waals surface area (Å²) < 4.78 is 0. The highest BCUT2D eigenvalue weighted by Crippen LogP contribution is 2.52. The maximum atomic E-state index is 12.8. The van der Waals surface area contributed by atoms with E-state index in [2.05, 4.69) is 25.7 Å². The predicted octanol–water partition coefficient (Wildman–Crippen LogP) is 4.38. The summed E-state index contributed by atoms with van der Waals surface area (Å²) in [5, 5.41) is 0.629. The lowest BCUT2D eigenvalue weighted by Gasteiger charge is -2.39. The smallest absolute Gasteiger partial charge is 0.254 e. The first-order chi connectivity index (χ1) is 9.28. The van der Waals surface area contributed by atoms with Crippen LogP contribution in [0.25, 0.3) is 0 Å². The Hall–Kier alpha value is -1.02. The van der Waals surface area contributed by atoms with Crippen molar-refractivity contribution in [3.8, 4) is 0 Å². The zero-order valence-corrected chi connectivity index (χ0v) is 13.2. The van der Waals surface area contributed by atoms with Crippen LogP contribution in [0.1, 0.15) is 50.4 Å². The fourth-order valence-electron chi connectivity index (χ4n) is 4.48. The van der Waals surface area contributed by atoms with Gasteiger partial charge in [-0.3, -0.25) is 4.79 Å². The summed E-state index contributed by atoms with van der Waals surface area (Å²) in [6.07, 6.45) is 3.45. The number of halogens is 1. The van der Waals surface area contributed by atoms with Gasteiger partial charge in [0, 0.05) is 23.2 Å². The second-order valence-electron chi connectivity index (χ2n) is 7.66. The van der Waals surface area contributed by atoms with E-state index >= 15 is 0 Å². The Kier molecular flexibility index (Phi) is 3.13. The third-order valence-corrected chi connectivity index (χ3v) is 4.98. The van der Waals surface area contributed by atoms with Crippen molar-refractivity contribution in [2.45, 2.75) is 46.1 Å². The quantitative estimate of drug-likeness (QED) is 0.752. The van der Waals surface area contributed by atoms with E-state index in [1.165, 1.54) is 6.42 Å². The average molecular weight is 292 g/mol. The fourth-order valence-corrected chi connectivity index (χ4v) is 4.67. The van der Waals surface area contributed by atoms with E-state index in [-0.39, 0.29) is 11.3 Å². The summed E-state index contributed by atoms with van der Waals surface area (Å²) in [4.78, 5) is 14.8. The number of carbonyl (C=O) groups is 1. The molecule has 2 nitrogen and oxygen atoms in total. The minimum atomic E-state index is 0.138. The van der Waals surface area contributed by atoms with Crippen molar-refractivity contribution in [2.75, 3.05) is 6.54 Å². The van der Waals surface area contributed by atoms with E-state index < -0.39 is 0 Å². The van der Waals surface area contributed by atoms with Gasteiger partial charge in [-0.2, -0.15) is 0 Å². The number of hydrogen-bond donors (Lipinski definition) is 0. The highest BCUT2D eigenvalue weighted by Gasteiger charge is 2.50. The van der Waals surface area contributed by atoms with Crippen molar-refractivity contribution in [3.63, 3.8) is 0 Å². The number of rotatable bonds is 1. The second-order valence-corrected chi connectivity index (χ2v) is 8.09. The number of carbonyl (C=O) groups excluding carboxylic acids is 1. The molecule has 1 amide bonds. The third-order valence-electron chi connectivity index (χ3n) is 4.75. The van der Waals surface area contributed by atoms with Crippen LogP contribution >= 0.6 is 11.6 Å². The molecule has 1 heterocycles. The van der Waals surface area contributed by atoms with Crippen LogP contribution < -0.4 is 0 Å². The molecule has 20 heavy (non-hydrogen) atoms. The van der Waals surface area contributed by atoms with Gasteiger partial charge in [-0.05, 0) is 48.3 Å². The van der Waals surface area contributed by atoms with Gasteiger partial charge in [-0.1, -0.05) is 38.4 Å². The molecule has 1 saturated carbocycles. The Morgan fingerprint density at radius 3 is 2.75 bits per heavy atom. The van der Waals surface area contributed by atoms with Crippen LogP contribution in [0.2, 0.25) is 5.02 Å². The van der Waals surface area contributed by atoms with Crippen molar-refractivity contribution in [2.24, 2.45) is 10.8 Å². The molecular weight excluding hydrogens is 270 g/mol. The molecule has 2 unspecified atom stereocenters. The SMILES string of the molecule is CC1(C)CC2CC(C)(CN2C(=O)c2cccc(Cl)c2)C1. The summed E-state index contributed by atoms with van der Waals surface area (Å²) in [5.41, 5.74) is 1.33. The van der Waals surface area contributed by atoms with Crippen molar-refractivity contribution in [3.05, 3.63) is 34.9 Å². The van der Waals surface area contributed by atoms with Crippen LogP contribution in [-0.4, -0.2) is 23.4 Å². The van der Waals surface area contributed by atoms with E-state index in [0.29, 0.717) is 22.0 Å². The molecule has 1 saturated heterocycles.